The lowest BCUT2D eigenvalue weighted by Crippen LogP contribution is -2.06. The van der Waals surface area contributed by atoms with Crippen LogP contribution in [0.2, 0.25) is 0 Å². The molecule has 84 valence electrons. The van der Waals surface area contributed by atoms with E-state index in [0.29, 0.717) is 0 Å². The van der Waals surface area contributed by atoms with Gasteiger partial charge in [0, 0.05) is 0 Å². The molecule has 6 nitrogen and oxygen atoms in total. The third-order valence-corrected chi connectivity index (χ3v) is 1.56. The minimum atomic E-state index is -0.479. The number of hydrazone groups is 1. The Morgan fingerprint density at radius 1 is 1.19 bits per heavy atom. The van der Waals surface area contributed by atoms with E-state index in [1.807, 2.05) is 0 Å². The van der Waals surface area contributed by atoms with E-state index >= 15 is 0 Å². The molecule has 0 saturated heterocycles. The van der Waals surface area contributed by atoms with Gasteiger partial charge in [-0.2, -0.15) is 5.10 Å². The maximum Gasteiger partial charge on any atom is 0.148 e. The van der Waals surface area contributed by atoms with Gasteiger partial charge >= 0.3 is 0 Å². The molecule has 0 aliphatic heterocycles. The number of rotatable bonds is 4. The van der Waals surface area contributed by atoms with Crippen molar-refractivity contribution in [1.29, 1.82) is 0 Å². The van der Waals surface area contributed by atoms with Crippen LogP contribution in [0.5, 0.6) is 0 Å². The first-order chi connectivity index (χ1) is 7.77. The topological polar surface area (TPSA) is 89.6 Å². The summed E-state index contributed by atoms with van der Waals surface area (Å²) in [5, 5.41) is 25.6. The summed E-state index contributed by atoms with van der Waals surface area (Å²) in [6.45, 7) is 0. The summed E-state index contributed by atoms with van der Waals surface area (Å²) in [7, 11) is 0. The van der Waals surface area contributed by atoms with E-state index in [4.69, 9.17) is 10.4 Å². The summed E-state index contributed by atoms with van der Waals surface area (Å²) in [5.74, 6) is -0.479. The maximum atomic E-state index is 13.1. The monoisotopic (exact) mass is 224 g/mol. The van der Waals surface area contributed by atoms with Crippen LogP contribution in [-0.2, 0) is 0 Å². The summed E-state index contributed by atoms with van der Waals surface area (Å²) >= 11 is 0. The van der Waals surface area contributed by atoms with Crippen LogP contribution in [0.15, 0.2) is 39.7 Å². The van der Waals surface area contributed by atoms with E-state index in [0.717, 1.165) is 12.4 Å². The van der Waals surface area contributed by atoms with Crippen molar-refractivity contribution in [2.24, 2.45) is 15.4 Å². The number of nitrogens with zero attached hydrogens (tertiary/aromatic N) is 3. The van der Waals surface area contributed by atoms with Gasteiger partial charge in [-0.3, -0.25) is 5.43 Å². The second kappa shape index (κ2) is 6.12. The fourth-order valence-corrected chi connectivity index (χ4v) is 0.886. The van der Waals surface area contributed by atoms with E-state index in [2.05, 4.69) is 20.8 Å². The Kier molecular flexibility index (Phi) is 4.45. The van der Waals surface area contributed by atoms with E-state index in [9.17, 15) is 4.39 Å². The number of hydrogen-bond acceptors (Lipinski definition) is 6. The summed E-state index contributed by atoms with van der Waals surface area (Å²) in [6, 6.07) is 5.90. The van der Waals surface area contributed by atoms with Crippen LogP contribution < -0.4 is 5.43 Å². The van der Waals surface area contributed by atoms with Gasteiger partial charge in [0.05, 0.1) is 18.1 Å². The van der Waals surface area contributed by atoms with Crippen LogP contribution in [0.1, 0.15) is 0 Å². The summed E-state index contributed by atoms with van der Waals surface area (Å²) in [6.07, 6.45) is 1.85. The molecule has 16 heavy (non-hydrogen) atoms. The molecular formula is C9H9FN4O2. The molecule has 0 radical (unpaired) electrons. The lowest BCUT2D eigenvalue weighted by atomic mass is 10.3. The van der Waals surface area contributed by atoms with Crippen molar-refractivity contribution in [3.8, 4) is 0 Å². The SMILES string of the molecule is O/N=C/C(/C=N/O)=NNc1ccccc1F. The summed E-state index contributed by atoms with van der Waals surface area (Å²) in [5.41, 5.74) is 2.56. The second-order valence-electron chi connectivity index (χ2n) is 2.62. The van der Waals surface area contributed by atoms with Gasteiger partial charge in [0.15, 0.2) is 0 Å². The maximum absolute atomic E-state index is 13.1. The Labute approximate surface area is 90.4 Å². The van der Waals surface area contributed by atoms with E-state index in [1.165, 1.54) is 18.2 Å². The highest BCUT2D eigenvalue weighted by Gasteiger charge is 1.98. The van der Waals surface area contributed by atoms with Gasteiger partial charge in [0.2, 0.25) is 0 Å². The first kappa shape index (κ1) is 11.6. The molecule has 0 unspecified atom stereocenters. The van der Waals surface area contributed by atoms with E-state index in [-0.39, 0.29) is 11.4 Å². The van der Waals surface area contributed by atoms with Crippen LogP contribution in [0.4, 0.5) is 10.1 Å². The zero-order valence-corrected chi connectivity index (χ0v) is 8.08. The van der Waals surface area contributed by atoms with Crippen molar-refractivity contribution in [3.63, 3.8) is 0 Å². The fraction of sp³-hybridized carbons (Fsp3) is 0. The zero-order chi connectivity index (χ0) is 11.8. The minimum Gasteiger partial charge on any atom is -0.411 e. The van der Waals surface area contributed by atoms with Gasteiger partial charge < -0.3 is 10.4 Å². The Bertz CT molecular complexity index is 417. The number of oxime groups is 2. The largest absolute Gasteiger partial charge is 0.411 e. The Morgan fingerprint density at radius 3 is 2.38 bits per heavy atom. The molecule has 0 aliphatic rings. The van der Waals surface area contributed by atoms with Gasteiger partial charge in [-0.1, -0.05) is 22.4 Å². The molecule has 0 aromatic heterocycles. The third-order valence-electron chi connectivity index (χ3n) is 1.56. The van der Waals surface area contributed by atoms with Crippen LogP contribution in [0.3, 0.4) is 0 Å². The van der Waals surface area contributed by atoms with Crippen LogP contribution in [-0.4, -0.2) is 28.6 Å². The van der Waals surface area contributed by atoms with Gasteiger partial charge in [-0.15, -0.1) is 0 Å². The molecule has 0 saturated carbocycles. The molecule has 0 bridgehead atoms. The molecule has 0 heterocycles. The van der Waals surface area contributed by atoms with Crippen LogP contribution in [0.25, 0.3) is 0 Å². The third kappa shape index (κ3) is 3.37. The van der Waals surface area contributed by atoms with Crippen LogP contribution >= 0.6 is 0 Å². The van der Waals surface area contributed by atoms with Gasteiger partial charge in [0.1, 0.15) is 11.5 Å². The summed E-state index contributed by atoms with van der Waals surface area (Å²) in [4.78, 5) is 0. The second-order valence-corrected chi connectivity index (χ2v) is 2.62. The van der Waals surface area contributed by atoms with Gasteiger partial charge in [-0.25, -0.2) is 4.39 Å². The lowest BCUT2D eigenvalue weighted by molar-refractivity contribution is 0.321. The average Bonchev–Trinajstić information content (AvgIpc) is 2.28. The molecule has 0 amide bonds. The minimum absolute atomic E-state index is 0.0215. The van der Waals surface area contributed by atoms with Gasteiger partial charge in [0.25, 0.3) is 0 Å². The van der Waals surface area contributed by atoms with E-state index < -0.39 is 5.82 Å². The standard InChI is InChI=1S/C9H9FN4O2/c10-8-3-1-2-4-9(8)14-13-7(5-11-15)6-12-16/h1-6,14-16H/b11-5+,12-6+. The number of hydrogen-bond donors (Lipinski definition) is 3. The highest BCUT2D eigenvalue weighted by atomic mass is 19.1. The predicted molar refractivity (Wildman–Crippen MR) is 58.0 cm³/mol. The Hall–Kier alpha value is -2.44. The van der Waals surface area contributed by atoms with Crippen molar-refractivity contribution < 1.29 is 14.8 Å². The molecule has 1 aromatic rings. The first-order valence-corrected chi connectivity index (χ1v) is 4.21. The Balaban J connectivity index is 2.81. The van der Waals surface area contributed by atoms with Crippen molar-refractivity contribution in [2.45, 2.75) is 0 Å². The molecule has 0 aliphatic carbocycles. The number of para-hydroxylation sites is 1. The normalized spacial score (nSPS) is 10.8. The molecular weight excluding hydrogens is 215 g/mol. The van der Waals surface area contributed by atoms with Crippen molar-refractivity contribution in [2.75, 3.05) is 5.43 Å². The molecule has 1 rings (SSSR count). The number of anilines is 1. The molecule has 0 fully saturated rings. The quantitative estimate of drug-likeness (QED) is 0.411. The molecule has 3 N–H and O–H groups in total. The van der Waals surface area contributed by atoms with Crippen LogP contribution in [0, 0.1) is 5.82 Å². The Morgan fingerprint density at radius 2 is 1.81 bits per heavy atom. The number of nitrogens with one attached hydrogen (secondary N) is 1. The highest BCUT2D eigenvalue weighted by Crippen LogP contribution is 2.11. The van der Waals surface area contributed by atoms with Crippen molar-refractivity contribution in [3.05, 3.63) is 30.1 Å². The predicted octanol–water partition coefficient (Wildman–Crippen LogP) is 1.51. The fourth-order valence-electron chi connectivity index (χ4n) is 0.886. The first-order valence-electron chi connectivity index (χ1n) is 4.21. The highest BCUT2D eigenvalue weighted by molar-refractivity contribution is 6.55. The number of halogens is 1. The summed E-state index contributed by atoms with van der Waals surface area (Å²) < 4.78 is 13.1. The molecule has 0 atom stereocenters. The van der Waals surface area contributed by atoms with E-state index in [1.54, 1.807) is 6.07 Å². The molecule has 0 spiro atoms. The lowest BCUT2D eigenvalue weighted by Gasteiger charge is -2.01. The van der Waals surface area contributed by atoms with Crippen molar-refractivity contribution >= 4 is 23.8 Å². The molecule has 7 heteroatoms. The number of benzene rings is 1. The average molecular weight is 224 g/mol. The van der Waals surface area contributed by atoms with Gasteiger partial charge in [-0.05, 0) is 12.1 Å². The van der Waals surface area contributed by atoms with Crippen molar-refractivity contribution in [1.82, 2.24) is 0 Å². The smallest absolute Gasteiger partial charge is 0.148 e. The zero-order valence-electron chi connectivity index (χ0n) is 8.08. The molecule has 1 aromatic carbocycles.